The Balaban J connectivity index is 2.32. The molecule has 0 saturated carbocycles. The Kier molecular flexibility index (Phi) is 3.33. The summed E-state index contributed by atoms with van der Waals surface area (Å²) in [4.78, 5) is 13.8. The molecule has 3 heteroatoms. The van der Waals surface area contributed by atoms with Crippen LogP contribution in [-0.4, -0.2) is 18.1 Å². The molecule has 0 radical (unpaired) electrons. The zero-order chi connectivity index (χ0) is 13.1. The summed E-state index contributed by atoms with van der Waals surface area (Å²) in [7, 11) is 1.69. The maximum atomic E-state index is 12.2. The third-order valence-corrected chi connectivity index (χ3v) is 2.83. The van der Waals surface area contributed by atoms with E-state index in [0.717, 1.165) is 11.3 Å². The van der Waals surface area contributed by atoms with E-state index in [1.165, 1.54) is 4.90 Å². The molecule has 0 fully saturated rings. The largest absolute Gasteiger partial charge is 0.507 e. The van der Waals surface area contributed by atoms with Gasteiger partial charge in [-0.1, -0.05) is 24.3 Å². The summed E-state index contributed by atoms with van der Waals surface area (Å²) in [5.74, 6) is -0.207. The number of carbonyl (C=O) groups is 1. The monoisotopic (exact) mass is 241 g/mol. The number of hydrogen-bond acceptors (Lipinski definition) is 2. The van der Waals surface area contributed by atoms with E-state index in [4.69, 9.17) is 0 Å². The molecule has 2 aromatic rings. The van der Waals surface area contributed by atoms with Crippen molar-refractivity contribution in [1.82, 2.24) is 0 Å². The lowest BCUT2D eigenvalue weighted by atomic mass is 10.1. The second-order valence-electron chi connectivity index (χ2n) is 4.22. The summed E-state index contributed by atoms with van der Waals surface area (Å²) in [6.45, 7) is 1.87. The van der Waals surface area contributed by atoms with Crippen molar-refractivity contribution in [2.75, 3.05) is 11.9 Å². The van der Waals surface area contributed by atoms with Gasteiger partial charge in [0, 0.05) is 12.7 Å². The first-order valence-electron chi connectivity index (χ1n) is 5.72. The zero-order valence-electron chi connectivity index (χ0n) is 10.4. The molecule has 0 aliphatic heterocycles. The second kappa shape index (κ2) is 4.92. The molecule has 2 aromatic carbocycles. The van der Waals surface area contributed by atoms with Crippen LogP contribution in [0, 0.1) is 6.92 Å². The van der Waals surface area contributed by atoms with Crippen molar-refractivity contribution in [3.05, 3.63) is 59.7 Å². The minimum Gasteiger partial charge on any atom is -0.507 e. The van der Waals surface area contributed by atoms with Crippen LogP contribution in [0.5, 0.6) is 5.75 Å². The van der Waals surface area contributed by atoms with Gasteiger partial charge >= 0.3 is 0 Å². The average Bonchev–Trinajstić information content (AvgIpc) is 2.38. The van der Waals surface area contributed by atoms with Crippen LogP contribution < -0.4 is 4.90 Å². The maximum Gasteiger partial charge on any atom is 0.261 e. The standard InChI is InChI=1S/C15H15NO2/c1-11-8-9-13(14(17)10-11)15(18)16(2)12-6-4-3-5-7-12/h3-10,17H,1-2H3. The molecule has 0 unspecified atom stereocenters. The molecular formula is C15H15NO2. The number of aryl methyl sites for hydroxylation is 1. The number of phenolic OH excluding ortho intramolecular Hbond substituents is 1. The number of anilines is 1. The fourth-order valence-corrected chi connectivity index (χ4v) is 1.77. The number of amides is 1. The van der Waals surface area contributed by atoms with Crippen molar-refractivity contribution >= 4 is 11.6 Å². The van der Waals surface area contributed by atoms with Crippen LogP contribution in [0.1, 0.15) is 15.9 Å². The zero-order valence-corrected chi connectivity index (χ0v) is 10.4. The number of benzene rings is 2. The lowest BCUT2D eigenvalue weighted by Gasteiger charge is -2.18. The van der Waals surface area contributed by atoms with E-state index in [-0.39, 0.29) is 11.7 Å². The molecule has 3 nitrogen and oxygen atoms in total. The molecule has 1 amide bonds. The van der Waals surface area contributed by atoms with E-state index in [2.05, 4.69) is 0 Å². The van der Waals surface area contributed by atoms with Crippen LogP contribution in [0.4, 0.5) is 5.69 Å². The van der Waals surface area contributed by atoms with Gasteiger partial charge in [0.05, 0.1) is 5.56 Å². The van der Waals surface area contributed by atoms with Crippen LogP contribution in [0.3, 0.4) is 0 Å². The average molecular weight is 241 g/mol. The molecule has 0 aromatic heterocycles. The molecule has 0 heterocycles. The van der Waals surface area contributed by atoms with Crippen molar-refractivity contribution in [3.63, 3.8) is 0 Å². The Hall–Kier alpha value is -2.29. The predicted molar refractivity (Wildman–Crippen MR) is 72.0 cm³/mol. The fourth-order valence-electron chi connectivity index (χ4n) is 1.77. The van der Waals surface area contributed by atoms with Crippen LogP contribution in [0.15, 0.2) is 48.5 Å². The molecule has 1 N–H and O–H groups in total. The molecule has 2 rings (SSSR count). The number of hydrogen-bond donors (Lipinski definition) is 1. The summed E-state index contributed by atoms with van der Waals surface area (Å²) in [5, 5.41) is 9.81. The molecule has 0 atom stereocenters. The second-order valence-corrected chi connectivity index (χ2v) is 4.22. The predicted octanol–water partition coefficient (Wildman–Crippen LogP) is 2.98. The topological polar surface area (TPSA) is 40.5 Å². The molecule has 0 aliphatic carbocycles. The fraction of sp³-hybridized carbons (Fsp3) is 0.133. The van der Waals surface area contributed by atoms with Gasteiger partial charge in [-0.15, -0.1) is 0 Å². The van der Waals surface area contributed by atoms with Gasteiger partial charge in [0.25, 0.3) is 5.91 Å². The highest BCUT2D eigenvalue weighted by Crippen LogP contribution is 2.22. The van der Waals surface area contributed by atoms with Gasteiger partial charge in [0.1, 0.15) is 5.75 Å². The van der Waals surface area contributed by atoms with Crippen molar-refractivity contribution in [2.24, 2.45) is 0 Å². The smallest absolute Gasteiger partial charge is 0.261 e. The quantitative estimate of drug-likeness (QED) is 0.878. The Bertz CT molecular complexity index is 564. The van der Waals surface area contributed by atoms with E-state index >= 15 is 0 Å². The van der Waals surface area contributed by atoms with Crippen LogP contribution >= 0.6 is 0 Å². The summed E-state index contributed by atoms with van der Waals surface area (Å²) >= 11 is 0. The van der Waals surface area contributed by atoms with Gasteiger partial charge in [0.2, 0.25) is 0 Å². The number of aromatic hydroxyl groups is 1. The summed E-state index contributed by atoms with van der Waals surface area (Å²) in [6.07, 6.45) is 0. The van der Waals surface area contributed by atoms with E-state index in [1.807, 2.05) is 43.3 Å². The SMILES string of the molecule is Cc1ccc(C(=O)N(C)c2ccccc2)c(O)c1. The van der Waals surface area contributed by atoms with Crippen LogP contribution in [-0.2, 0) is 0 Å². The number of para-hydroxylation sites is 1. The number of carbonyl (C=O) groups excluding carboxylic acids is 1. The highest BCUT2D eigenvalue weighted by molar-refractivity contribution is 6.07. The highest BCUT2D eigenvalue weighted by atomic mass is 16.3. The van der Waals surface area contributed by atoms with E-state index < -0.39 is 0 Å². The summed E-state index contributed by atoms with van der Waals surface area (Å²) < 4.78 is 0. The first-order valence-corrected chi connectivity index (χ1v) is 5.72. The molecule has 18 heavy (non-hydrogen) atoms. The van der Waals surface area contributed by atoms with Crippen LogP contribution in [0.2, 0.25) is 0 Å². The van der Waals surface area contributed by atoms with E-state index in [1.54, 1.807) is 19.2 Å². The Morgan fingerprint density at radius 1 is 1.11 bits per heavy atom. The Morgan fingerprint density at radius 2 is 1.78 bits per heavy atom. The Morgan fingerprint density at radius 3 is 2.39 bits per heavy atom. The molecule has 0 aliphatic rings. The first-order chi connectivity index (χ1) is 8.59. The van der Waals surface area contributed by atoms with Crippen LogP contribution in [0.25, 0.3) is 0 Å². The van der Waals surface area contributed by atoms with Crippen molar-refractivity contribution in [3.8, 4) is 5.75 Å². The van der Waals surface area contributed by atoms with E-state index in [0.29, 0.717) is 5.56 Å². The molecule has 92 valence electrons. The lowest BCUT2D eigenvalue weighted by molar-refractivity contribution is 0.0990. The Labute approximate surface area is 106 Å². The lowest BCUT2D eigenvalue weighted by Crippen LogP contribution is -2.26. The number of rotatable bonds is 2. The highest BCUT2D eigenvalue weighted by Gasteiger charge is 2.16. The van der Waals surface area contributed by atoms with Crippen molar-refractivity contribution in [2.45, 2.75) is 6.92 Å². The maximum absolute atomic E-state index is 12.2. The minimum absolute atomic E-state index is 0.0165. The third kappa shape index (κ3) is 2.35. The molecule has 0 spiro atoms. The van der Waals surface area contributed by atoms with Crippen molar-refractivity contribution in [1.29, 1.82) is 0 Å². The number of nitrogens with zero attached hydrogens (tertiary/aromatic N) is 1. The molecule has 0 bridgehead atoms. The third-order valence-electron chi connectivity index (χ3n) is 2.83. The normalized spacial score (nSPS) is 10.1. The first kappa shape index (κ1) is 12.2. The van der Waals surface area contributed by atoms with Gasteiger partial charge in [0.15, 0.2) is 0 Å². The van der Waals surface area contributed by atoms with Crippen molar-refractivity contribution < 1.29 is 9.90 Å². The van der Waals surface area contributed by atoms with Gasteiger partial charge in [-0.3, -0.25) is 4.79 Å². The summed E-state index contributed by atoms with van der Waals surface area (Å²) in [6, 6.07) is 14.4. The molecular weight excluding hydrogens is 226 g/mol. The van der Waals surface area contributed by atoms with Gasteiger partial charge in [-0.25, -0.2) is 0 Å². The summed E-state index contributed by atoms with van der Waals surface area (Å²) in [5.41, 5.74) is 2.03. The number of phenols is 1. The van der Waals surface area contributed by atoms with Gasteiger partial charge in [-0.2, -0.15) is 0 Å². The van der Waals surface area contributed by atoms with Gasteiger partial charge in [-0.05, 0) is 36.8 Å². The minimum atomic E-state index is -0.223. The van der Waals surface area contributed by atoms with E-state index in [9.17, 15) is 9.90 Å². The molecule has 0 saturated heterocycles. The van der Waals surface area contributed by atoms with Gasteiger partial charge < -0.3 is 10.0 Å².